The molecule has 0 aromatic carbocycles. The van der Waals surface area contributed by atoms with Gasteiger partial charge in [0.1, 0.15) is 0 Å². The van der Waals surface area contributed by atoms with Crippen molar-refractivity contribution < 1.29 is 0 Å². The first kappa shape index (κ1) is 5.28. The highest BCUT2D eigenvalue weighted by atomic mass is 14.3. The molecule has 0 saturated heterocycles. The molecule has 2 aliphatic carbocycles. The zero-order valence-electron chi connectivity index (χ0n) is 5.59. The van der Waals surface area contributed by atoms with Gasteiger partial charge in [0.2, 0.25) is 0 Å². The monoisotopic (exact) mass is 120 g/mol. The molecule has 0 aromatic rings. The summed E-state index contributed by atoms with van der Waals surface area (Å²) in [6.45, 7) is 0. The van der Waals surface area contributed by atoms with E-state index in [0.29, 0.717) is 0 Å². The molecule has 48 valence electrons. The Hall–Kier alpha value is -0.520. The molecule has 2 aliphatic rings. The van der Waals surface area contributed by atoms with Gasteiger partial charge in [0.15, 0.2) is 0 Å². The average molecular weight is 120 g/mol. The molecular weight excluding hydrogens is 108 g/mol. The summed E-state index contributed by atoms with van der Waals surface area (Å²) in [4.78, 5) is 0. The summed E-state index contributed by atoms with van der Waals surface area (Å²) >= 11 is 0. The molecule has 2 atom stereocenters. The Bertz CT molecular complexity index is 135. The molecule has 1 unspecified atom stereocenters. The van der Waals surface area contributed by atoms with Gasteiger partial charge in [-0.25, -0.2) is 0 Å². The van der Waals surface area contributed by atoms with Crippen LogP contribution in [0.15, 0.2) is 24.3 Å². The first-order chi connectivity index (χ1) is 4.47. The summed E-state index contributed by atoms with van der Waals surface area (Å²) in [5.41, 5.74) is 0. The standard InChI is InChI=1S/C9H12/c1-2-5-9-7-3-6-8(9)4-1/h1-2,4-5,8-9H,3,6-7H2/t8-,9?/m1/s1. The summed E-state index contributed by atoms with van der Waals surface area (Å²) in [5, 5.41) is 0. The Balaban J connectivity index is 2.18. The fraction of sp³-hybridized carbons (Fsp3) is 0.556. The predicted octanol–water partition coefficient (Wildman–Crippen LogP) is 2.53. The Morgan fingerprint density at radius 2 is 1.44 bits per heavy atom. The van der Waals surface area contributed by atoms with Crippen molar-refractivity contribution in [3.8, 4) is 0 Å². The van der Waals surface area contributed by atoms with Gasteiger partial charge in [0.05, 0.1) is 0 Å². The number of hydrogen-bond acceptors (Lipinski definition) is 0. The lowest BCUT2D eigenvalue weighted by atomic mass is 9.92. The molecule has 0 amide bonds. The van der Waals surface area contributed by atoms with Gasteiger partial charge < -0.3 is 0 Å². The molecule has 0 radical (unpaired) electrons. The minimum atomic E-state index is 0.898. The lowest BCUT2D eigenvalue weighted by molar-refractivity contribution is 0.552. The van der Waals surface area contributed by atoms with Crippen LogP contribution < -0.4 is 0 Å². The molecule has 0 heterocycles. The summed E-state index contributed by atoms with van der Waals surface area (Å²) in [6.07, 6.45) is 13.4. The number of rotatable bonds is 0. The van der Waals surface area contributed by atoms with E-state index in [-0.39, 0.29) is 0 Å². The zero-order chi connectivity index (χ0) is 6.10. The molecule has 2 rings (SSSR count). The van der Waals surface area contributed by atoms with Crippen molar-refractivity contribution in [3.63, 3.8) is 0 Å². The summed E-state index contributed by atoms with van der Waals surface area (Å²) in [7, 11) is 0. The van der Waals surface area contributed by atoms with Crippen LogP contribution in [0.5, 0.6) is 0 Å². The molecule has 1 fully saturated rings. The zero-order valence-corrected chi connectivity index (χ0v) is 5.59. The van der Waals surface area contributed by atoms with Crippen LogP contribution in [0.25, 0.3) is 0 Å². The highest BCUT2D eigenvalue weighted by Gasteiger charge is 2.23. The van der Waals surface area contributed by atoms with Crippen molar-refractivity contribution in [2.45, 2.75) is 19.3 Å². The van der Waals surface area contributed by atoms with Gasteiger partial charge in [0, 0.05) is 0 Å². The minimum Gasteiger partial charge on any atom is -0.0808 e. The molecule has 0 spiro atoms. The topological polar surface area (TPSA) is 0 Å². The summed E-state index contributed by atoms with van der Waals surface area (Å²) in [5.74, 6) is 1.80. The normalized spacial score (nSPS) is 39.1. The smallest absolute Gasteiger partial charge is 0.0167 e. The first-order valence-corrected chi connectivity index (χ1v) is 3.82. The van der Waals surface area contributed by atoms with Crippen LogP contribution in [-0.4, -0.2) is 0 Å². The van der Waals surface area contributed by atoms with Gasteiger partial charge in [-0.1, -0.05) is 30.7 Å². The van der Waals surface area contributed by atoms with E-state index in [1.165, 1.54) is 19.3 Å². The van der Waals surface area contributed by atoms with Crippen molar-refractivity contribution in [3.05, 3.63) is 24.3 Å². The number of allylic oxidation sites excluding steroid dienone is 4. The fourth-order valence-electron chi connectivity index (χ4n) is 1.91. The molecule has 1 saturated carbocycles. The fourth-order valence-corrected chi connectivity index (χ4v) is 1.91. The third-order valence-electron chi connectivity index (χ3n) is 2.45. The lowest BCUT2D eigenvalue weighted by Gasteiger charge is -2.13. The minimum absolute atomic E-state index is 0.898. The number of fused-ring (bicyclic) bond motifs is 1. The molecule has 9 heavy (non-hydrogen) atoms. The van der Waals surface area contributed by atoms with E-state index in [9.17, 15) is 0 Å². The van der Waals surface area contributed by atoms with Crippen molar-refractivity contribution in [1.82, 2.24) is 0 Å². The Morgan fingerprint density at radius 1 is 0.889 bits per heavy atom. The van der Waals surface area contributed by atoms with Gasteiger partial charge in [0.25, 0.3) is 0 Å². The first-order valence-electron chi connectivity index (χ1n) is 3.82. The predicted molar refractivity (Wildman–Crippen MR) is 39.1 cm³/mol. The maximum absolute atomic E-state index is 2.36. The molecular formula is C9H12. The maximum atomic E-state index is 2.36. The molecule has 0 N–H and O–H groups in total. The van der Waals surface area contributed by atoms with E-state index in [1.807, 2.05) is 0 Å². The second kappa shape index (κ2) is 2.02. The van der Waals surface area contributed by atoms with E-state index in [4.69, 9.17) is 0 Å². The maximum Gasteiger partial charge on any atom is -0.0167 e. The molecule has 0 aromatic heterocycles. The van der Waals surface area contributed by atoms with Gasteiger partial charge in [-0.3, -0.25) is 0 Å². The lowest BCUT2D eigenvalue weighted by Crippen LogP contribution is -2.03. The Morgan fingerprint density at radius 3 is 2.00 bits per heavy atom. The van der Waals surface area contributed by atoms with Crippen LogP contribution in [0, 0.1) is 11.8 Å². The van der Waals surface area contributed by atoms with E-state index in [0.717, 1.165) is 11.8 Å². The second-order valence-electron chi connectivity index (χ2n) is 3.03. The molecule has 0 bridgehead atoms. The largest absolute Gasteiger partial charge is 0.0808 e. The quantitative estimate of drug-likeness (QED) is 0.461. The van der Waals surface area contributed by atoms with E-state index < -0.39 is 0 Å². The van der Waals surface area contributed by atoms with Crippen molar-refractivity contribution >= 4 is 0 Å². The highest BCUT2D eigenvalue weighted by Crippen LogP contribution is 2.35. The second-order valence-corrected chi connectivity index (χ2v) is 3.03. The van der Waals surface area contributed by atoms with Gasteiger partial charge in [-0.15, -0.1) is 0 Å². The van der Waals surface area contributed by atoms with Gasteiger partial charge in [-0.05, 0) is 24.7 Å². The molecule has 0 aliphatic heterocycles. The van der Waals surface area contributed by atoms with E-state index in [2.05, 4.69) is 24.3 Å². The number of hydrogen-bond donors (Lipinski definition) is 0. The SMILES string of the molecule is C1=CC2CCC[C@H]2C=C1. The van der Waals surface area contributed by atoms with Crippen molar-refractivity contribution in [1.29, 1.82) is 0 Å². The molecule has 0 heteroatoms. The third kappa shape index (κ3) is 0.827. The van der Waals surface area contributed by atoms with Crippen LogP contribution in [-0.2, 0) is 0 Å². The van der Waals surface area contributed by atoms with Crippen LogP contribution in [0.2, 0.25) is 0 Å². The van der Waals surface area contributed by atoms with E-state index >= 15 is 0 Å². The van der Waals surface area contributed by atoms with Gasteiger partial charge in [-0.2, -0.15) is 0 Å². The summed E-state index contributed by atoms with van der Waals surface area (Å²) in [6, 6.07) is 0. The average Bonchev–Trinajstić information content (AvgIpc) is 2.33. The van der Waals surface area contributed by atoms with E-state index in [1.54, 1.807) is 0 Å². The van der Waals surface area contributed by atoms with Crippen LogP contribution in [0.4, 0.5) is 0 Å². The summed E-state index contributed by atoms with van der Waals surface area (Å²) < 4.78 is 0. The van der Waals surface area contributed by atoms with Crippen molar-refractivity contribution in [2.24, 2.45) is 11.8 Å². The highest BCUT2D eigenvalue weighted by molar-refractivity contribution is 5.15. The third-order valence-corrected chi connectivity index (χ3v) is 2.45. The Labute approximate surface area is 56.3 Å². The van der Waals surface area contributed by atoms with Crippen LogP contribution in [0.1, 0.15) is 19.3 Å². The molecule has 0 nitrogen and oxygen atoms in total. The Kier molecular flexibility index (Phi) is 1.18. The van der Waals surface area contributed by atoms with Crippen LogP contribution in [0.3, 0.4) is 0 Å². The van der Waals surface area contributed by atoms with Gasteiger partial charge >= 0.3 is 0 Å². The van der Waals surface area contributed by atoms with Crippen molar-refractivity contribution in [2.75, 3.05) is 0 Å². The van der Waals surface area contributed by atoms with Crippen LogP contribution >= 0.6 is 0 Å².